The topological polar surface area (TPSA) is 32.3 Å². The number of aliphatic hydroxyl groups is 1. The maximum absolute atomic E-state index is 13.4. The first kappa shape index (κ1) is 12.1. The molecule has 1 aromatic rings. The van der Waals surface area contributed by atoms with Crippen molar-refractivity contribution in [3.8, 4) is 0 Å². The molecule has 0 saturated heterocycles. The quantitative estimate of drug-likeness (QED) is 0.707. The van der Waals surface area contributed by atoms with Crippen LogP contribution in [0.2, 0.25) is 0 Å². The van der Waals surface area contributed by atoms with Crippen LogP contribution in [0.5, 0.6) is 0 Å². The highest BCUT2D eigenvalue weighted by Gasteiger charge is 2.11. The van der Waals surface area contributed by atoms with Crippen molar-refractivity contribution < 1.29 is 9.50 Å². The molecule has 2 N–H and O–H groups in total. The Morgan fingerprint density at radius 3 is 2.73 bits per heavy atom. The number of rotatable bonds is 6. The van der Waals surface area contributed by atoms with Crippen molar-refractivity contribution in [2.24, 2.45) is 0 Å². The first-order chi connectivity index (χ1) is 7.29. The lowest BCUT2D eigenvalue weighted by Gasteiger charge is -2.17. The Labute approximate surface area is 90.1 Å². The lowest BCUT2D eigenvalue weighted by Crippen LogP contribution is -2.23. The number of hydrogen-bond acceptors (Lipinski definition) is 2. The van der Waals surface area contributed by atoms with Crippen LogP contribution in [0.1, 0.15) is 31.4 Å². The second-order valence-electron chi connectivity index (χ2n) is 3.51. The van der Waals surface area contributed by atoms with E-state index in [9.17, 15) is 4.39 Å². The Balaban J connectivity index is 2.61. The molecule has 0 aliphatic heterocycles. The lowest BCUT2D eigenvalue weighted by molar-refractivity contribution is 0.282. The van der Waals surface area contributed by atoms with Gasteiger partial charge in [-0.25, -0.2) is 4.39 Å². The number of halogens is 1. The molecule has 0 fully saturated rings. The predicted octanol–water partition coefficient (Wildman–Crippen LogP) is 2.25. The van der Waals surface area contributed by atoms with Crippen molar-refractivity contribution in [3.05, 3.63) is 35.6 Å². The van der Waals surface area contributed by atoms with E-state index in [0.29, 0.717) is 18.5 Å². The van der Waals surface area contributed by atoms with Crippen LogP contribution in [0.3, 0.4) is 0 Å². The van der Waals surface area contributed by atoms with Crippen molar-refractivity contribution in [1.29, 1.82) is 0 Å². The SMILES string of the molecule is CC[C@@H](NCCCO)c1ccccc1F. The second-order valence-corrected chi connectivity index (χ2v) is 3.51. The van der Waals surface area contributed by atoms with E-state index in [1.54, 1.807) is 12.1 Å². The number of nitrogens with one attached hydrogen (secondary N) is 1. The summed E-state index contributed by atoms with van der Waals surface area (Å²) in [7, 11) is 0. The Bertz CT molecular complexity index is 291. The molecule has 0 aromatic heterocycles. The highest BCUT2D eigenvalue weighted by Crippen LogP contribution is 2.19. The van der Waals surface area contributed by atoms with Gasteiger partial charge in [0.15, 0.2) is 0 Å². The van der Waals surface area contributed by atoms with E-state index in [1.165, 1.54) is 6.07 Å². The minimum atomic E-state index is -0.166. The van der Waals surface area contributed by atoms with Crippen LogP contribution in [-0.2, 0) is 0 Å². The standard InChI is InChI=1S/C12H18FNO/c1-2-12(14-8-5-9-15)10-6-3-4-7-11(10)13/h3-4,6-7,12,14-15H,2,5,8-9H2,1H3/t12-/m1/s1. The van der Waals surface area contributed by atoms with Crippen LogP contribution < -0.4 is 5.32 Å². The third kappa shape index (κ3) is 3.61. The van der Waals surface area contributed by atoms with Crippen molar-refractivity contribution in [2.75, 3.05) is 13.2 Å². The summed E-state index contributed by atoms with van der Waals surface area (Å²) in [5.41, 5.74) is 0.706. The lowest BCUT2D eigenvalue weighted by atomic mass is 10.0. The molecule has 2 nitrogen and oxygen atoms in total. The van der Waals surface area contributed by atoms with Crippen molar-refractivity contribution in [3.63, 3.8) is 0 Å². The number of aliphatic hydroxyl groups excluding tert-OH is 1. The molecule has 0 aliphatic rings. The molecule has 1 atom stereocenters. The van der Waals surface area contributed by atoms with Crippen LogP contribution in [0.15, 0.2) is 24.3 Å². The van der Waals surface area contributed by atoms with Gasteiger partial charge >= 0.3 is 0 Å². The van der Waals surface area contributed by atoms with Crippen molar-refractivity contribution in [1.82, 2.24) is 5.32 Å². The molecular formula is C12H18FNO. The van der Waals surface area contributed by atoms with E-state index in [0.717, 1.165) is 6.42 Å². The number of benzene rings is 1. The maximum Gasteiger partial charge on any atom is 0.127 e. The Kier molecular flexibility index (Phi) is 5.29. The molecule has 0 radical (unpaired) electrons. The van der Waals surface area contributed by atoms with E-state index in [2.05, 4.69) is 5.32 Å². The summed E-state index contributed by atoms with van der Waals surface area (Å²) in [5.74, 6) is -0.166. The minimum Gasteiger partial charge on any atom is -0.396 e. The summed E-state index contributed by atoms with van der Waals surface area (Å²) >= 11 is 0. The van der Waals surface area contributed by atoms with Gasteiger partial charge in [0.25, 0.3) is 0 Å². The molecule has 3 heteroatoms. The van der Waals surface area contributed by atoms with Gasteiger partial charge in [0.2, 0.25) is 0 Å². The summed E-state index contributed by atoms with van der Waals surface area (Å²) in [4.78, 5) is 0. The fourth-order valence-electron chi connectivity index (χ4n) is 1.59. The zero-order valence-corrected chi connectivity index (χ0v) is 9.04. The molecule has 0 unspecified atom stereocenters. The summed E-state index contributed by atoms with van der Waals surface area (Å²) in [5, 5.41) is 11.9. The summed E-state index contributed by atoms with van der Waals surface area (Å²) < 4.78 is 13.4. The molecular weight excluding hydrogens is 193 g/mol. The van der Waals surface area contributed by atoms with Gasteiger partial charge in [-0.05, 0) is 25.5 Å². The van der Waals surface area contributed by atoms with E-state index in [1.807, 2.05) is 13.0 Å². The van der Waals surface area contributed by atoms with Crippen molar-refractivity contribution in [2.45, 2.75) is 25.8 Å². The van der Waals surface area contributed by atoms with E-state index < -0.39 is 0 Å². The maximum atomic E-state index is 13.4. The highest BCUT2D eigenvalue weighted by molar-refractivity contribution is 5.20. The summed E-state index contributed by atoms with van der Waals surface area (Å²) in [6, 6.07) is 6.85. The highest BCUT2D eigenvalue weighted by atomic mass is 19.1. The van der Waals surface area contributed by atoms with E-state index >= 15 is 0 Å². The normalized spacial score (nSPS) is 12.7. The van der Waals surface area contributed by atoms with Crippen LogP contribution in [-0.4, -0.2) is 18.3 Å². The van der Waals surface area contributed by atoms with Gasteiger partial charge in [-0.15, -0.1) is 0 Å². The summed E-state index contributed by atoms with van der Waals surface area (Å²) in [6.07, 6.45) is 1.54. The molecule has 1 aromatic carbocycles. The molecule has 84 valence electrons. The fourth-order valence-corrected chi connectivity index (χ4v) is 1.59. The molecule has 0 saturated carbocycles. The van der Waals surface area contributed by atoms with Crippen LogP contribution >= 0.6 is 0 Å². The molecule has 1 rings (SSSR count). The Morgan fingerprint density at radius 2 is 2.13 bits per heavy atom. The van der Waals surface area contributed by atoms with Gasteiger partial charge in [0, 0.05) is 18.2 Å². The zero-order valence-electron chi connectivity index (χ0n) is 9.04. The monoisotopic (exact) mass is 211 g/mol. The first-order valence-electron chi connectivity index (χ1n) is 5.38. The molecule has 15 heavy (non-hydrogen) atoms. The first-order valence-corrected chi connectivity index (χ1v) is 5.38. The third-order valence-corrected chi connectivity index (χ3v) is 2.41. The van der Waals surface area contributed by atoms with Crippen LogP contribution in [0, 0.1) is 5.82 Å². The van der Waals surface area contributed by atoms with E-state index in [4.69, 9.17) is 5.11 Å². The average molecular weight is 211 g/mol. The zero-order chi connectivity index (χ0) is 11.1. The smallest absolute Gasteiger partial charge is 0.127 e. The molecule has 0 spiro atoms. The van der Waals surface area contributed by atoms with Gasteiger partial charge in [-0.2, -0.15) is 0 Å². The van der Waals surface area contributed by atoms with Gasteiger partial charge in [-0.1, -0.05) is 25.1 Å². The van der Waals surface area contributed by atoms with Gasteiger partial charge < -0.3 is 10.4 Å². The van der Waals surface area contributed by atoms with E-state index in [-0.39, 0.29) is 18.5 Å². The fraction of sp³-hybridized carbons (Fsp3) is 0.500. The van der Waals surface area contributed by atoms with Gasteiger partial charge in [0.05, 0.1) is 0 Å². The molecule has 0 heterocycles. The predicted molar refractivity (Wildman–Crippen MR) is 59.1 cm³/mol. The average Bonchev–Trinajstić information content (AvgIpc) is 2.26. The Morgan fingerprint density at radius 1 is 1.40 bits per heavy atom. The molecule has 0 aliphatic carbocycles. The molecule has 0 bridgehead atoms. The summed E-state index contributed by atoms with van der Waals surface area (Å²) in [6.45, 7) is 2.90. The minimum absolute atomic E-state index is 0.0396. The van der Waals surface area contributed by atoms with Crippen LogP contribution in [0.25, 0.3) is 0 Å². The second kappa shape index (κ2) is 6.53. The largest absolute Gasteiger partial charge is 0.396 e. The van der Waals surface area contributed by atoms with Crippen LogP contribution in [0.4, 0.5) is 4.39 Å². The van der Waals surface area contributed by atoms with Gasteiger partial charge in [0.1, 0.15) is 5.82 Å². The van der Waals surface area contributed by atoms with Gasteiger partial charge in [-0.3, -0.25) is 0 Å². The number of hydrogen-bond donors (Lipinski definition) is 2. The van der Waals surface area contributed by atoms with Crippen molar-refractivity contribution >= 4 is 0 Å². The molecule has 0 amide bonds. The Hall–Kier alpha value is -0.930. The third-order valence-electron chi connectivity index (χ3n) is 2.41.